The summed E-state index contributed by atoms with van der Waals surface area (Å²) in [6.45, 7) is 0. The van der Waals surface area contributed by atoms with Crippen molar-refractivity contribution in [2.24, 2.45) is 0 Å². The second-order valence-corrected chi connectivity index (χ2v) is 7.57. The molecule has 140 valence electrons. The van der Waals surface area contributed by atoms with Crippen LogP contribution in [0, 0.1) is 5.82 Å². The van der Waals surface area contributed by atoms with E-state index < -0.39 is 5.91 Å². The number of thiocarbonyl (C=S) groups is 1. The van der Waals surface area contributed by atoms with Gasteiger partial charge in [-0.2, -0.15) is 0 Å². The summed E-state index contributed by atoms with van der Waals surface area (Å²) in [7, 11) is 0. The summed E-state index contributed by atoms with van der Waals surface area (Å²) in [6, 6.07) is 11.2. The minimum atomic E-state index is -0.448. The Morgan fingerprint density at radius 3 is 2.30 bits per heavy atom. The van der Waals surface area contributed by atoms with E-state index in [1.165, 1.54) is 30.3 Å². The molecular formula is C18H14Br2FN3O2S. The van der Waals surface area contributed by atoms with E-state index >= 15 is 0 Å². The molecule has 0 fully saturated rings. The number of carbonyl (C=O) groups excluding carboxylic acids is 2. The second kappa shape index (κ2) is 10.3. The number of halogens is 3. The van der Waals surface area contributed by atoms with E-state index in [0.717, 1.165) is 14.5 Å². The molecule has 27 heavy (non-hydrogen) atoms. The van der Waals surface area contributed by atoms with Crippen LogP contribution in [0.25, 0.3) is 6.08 Å². The summed E-state index contributed by atoms with van der Waals surface area (Å²) >= 11 is 11.7. The lowest BCUT2D eigenvalue weighted by Crippen LogP contribution is -2.48. The van der Waals surface area contributed by atoms with Crippen molar-refractivity contribution in [3.63, 3.8) is 0 Å². The van der Waals surface area contributed by atoms with Crippen LogP contribution in [0.1, 0.15) is 11.1 Å². The van der Waals surface area contributed by atoms with Crippen LogP contribution < -0.4 is 16.2 Å². The molecule has 0 aliphatic rings. The fraction of sp³-hybridized carbons (Fsp3) is 0.0556. The maximum absolute atomic E-state index is 12.8. The summed E-state index contributed by atoms with van der Waals surface area (Å²) in [5.74, 6) is -1.20. The van der Waals surface area contributed by atoms with Crippen molar-refractivity contribution in [1.82, 2.24) is 16.2 Å². The van der Waals surface area contributed by atoms with E-state index in [2.05, 4.69) is 48.0 Å². The fourth-order valence-electron chi connectivity index (χ4n) is 1.99. The zero-order valence-electron chi connectivity index (χ0n) is 13.8. The minimum Gasteiger partial charge on any atom is -0.298 e. The van der Waals surface area contributed by atoms with Gasteiger partial charge in [0, 0.05) is 15.0 Å². The summed E-state index contributed by atoms with van der Waals surface area (Å²) in [6.07, 6.45) is 2.99. The predicted molar refractivity (Wildman–Crippen MR) is 113 cm³/mol. The Labute approximate surface area is 177 Å². The summed E-state index contributed by atoms with van der Waals surface area (Å²) < 4.78 is 14.6. The maximum Gasteiger partial charge on any atom is 0.250 e. The molecule has 2 rings (SSSR count). The Hall–Kier alpha value is -2.10. The number of nitrogens with one attached hydrogen (secondary N) is 3. The van der Waals surface area contributed by atoms with Gasteiger partial charge in [-0.1, -0.05) is 44.0 Å². The third-order valence-electron chi connectivity index (χ3n) is 3.14. The first-order valence-electron chi connectivity index (χ1n) is 7.60. The van der Waals surface area contributed by atoms with Crippen LogP contribution in [0.4, 0.5) is 4.39 Å². The van der Waals surface area contributed by atoms with Gasteiger partial charge in [0.15, 0.2) is 5.11 Å². The highest BCUT2D eigenvalue weighted by Crippen LogP contribution is 2.20. The van der Waals surface area contributed by atoms with Crippen LogP contribution in [-0.2, 0) is 16.0 Å². The molecule has 2 aromatic rings. The van der Waals surface area contributed by atoms with Crippen LogP contribution in [0.3, 0.4) is 0 Å². The minimum absolute atomic E-state index is 0.0432. The number of hydrogen-bond acceptors (Lipinski definition) is 3. The number of rotatable bonds is 4. The smallest absolute Gasteiger partial charge is 0.250 e. The Morgan fingerprint density at radius 2 is 1.67 bits per heavy atom. The second-order valence-electron chi connectivity index (χ2n) is 5.33. The largest absolute Gasteiger partial charge is 0.298 e. The molecule has 2 aromatic carbocycles. The SMILES string of the molecule is O=C(C=Cc1cc(Br)cc(Br)c1)NC(=S)NNC(=O)Cc1ccc(F)cc1. The van der Waals surface area contributed by atoms with E-state index in [0.29, 0.717) is 5.56 Å². The topological polar surface area (TPSA) is 70.2 Å². The van der Waals surface area contributed by atoms with Crippen LogP contribution >= 0.6 is 44.1 Å². The van der Waals surface area contributed by atoms with Crippen molar-refractivity contribution >= 4 is 67.1 Å². The van der Waals surface area contributed by atoms with Gasteiger partial charge in [-0.25, -0.2) is 4.39 Å². The van der Waals surface area contributed by atoms with Crippen LogP contribution in [0.2, 0.25) is 0 Å². The highest BCUT2D eigenvalue weighted by atomic mass is 79.9. The molecule has 0 heterocycles. The van der Waals surface area contributed by atoms with E-state index in [-0.39, 0.29) is 23.3 Å². The lowest BCUT2D eigenvalue weighted by atomic mass is 10.1. The molecule has 0 aromatic heterocycles. The van der Waals surface area contributed by atoms with Crippen molar-refractivity contribution in [3.05, 3.63) is 74.4 Å². The Balaban J connectivity index is 1.77. The molecule has 0 aliphatic carbocycles. The summed E-state index contributed by atoms with van der Waals surface area (Å²) in [5.41, 5.74) is 6.27. The van der Waals surface area contributed by atoms with Gasteiger partial charge in [-0.15, -0.1) is 0 Å². The highest BCUT2D eigenvalue weighted by Gasteiger charge is 2.05. The quantitative estimate of drug-likeness (QED) is 0.331. The molecule has 0 atom stereocenters. The molecule has 9 heteroatoms. The van der Waals surface area contributed by atoms with Crippen molar-refractivity contribution in [2.75, 3.05) is 0 Å². The third kappa shape index (κ3) is 7.98. The third-order valence-corrected chi connectivity index (χ3v) is 4.26. The van der Waals surface area contributed by atoms with E-state index in [9.17, 15) is 14.0 Å². The maximum atomic E-state index is 12.8. The molecule has 0 radical (unpaired) electrons. The van der Waals surface area contributed by atoms with Crippen LogP contribution in [0.15, 0.2) is 57.5 Å². The molecule has 0 aliphatic heterocycles. The molecule has 0 saturated heterocycles. The molecule has 2 amide bonds. The zero-order valence-corrected chi connectivity index (χ0v) is 17.8. The molecule has 5 nitrogen and oxygen atoms in total. The average Bonchev–Trinajstić information content (AvgIpc) is 2.59. The molecular weight excluding hydrogens is 501 g/mol. The van der Waals surface area contributed by atoms with E-state index in [4.69, 9.17) is 12.2 Å². The number of hydrogen-bond donors (Lipinski definition) is 3. The number of benzene rings is 2. The highest BCUT2D eigenvalue weighted by molar-refractivity contribution is 9.11. The zero-order chi connectivity index (χ0) is 19.8. The van der Waals surface area contributed by atoms with Gasteiger partial charge >= 0.3 is 0 Å². The number of carbonyl (C=O) groups is 2. The molecule has 0 spiro atoms. The Kier molecular flexibility index (Phi) is 8.08. The first kappa shape index (κ1) is 21.2. The fourth-order valence-corrected chi connectivity index (χ4v) is 3.47. The van der Waals surface area contributed by atoms with Gasteiger partial charge in [-0.05, 0) is 59.8 Å². The van der Waals surface area contributed by atoms with Gasteiger partial charge in [0.25, 0.3) is 0 Å². The van der Waals surface area contributed by atoms with Crippen molar-refractivity contribution in [2.45, 2.75) is 6.42 Å². The van der Waals surface area contributed by atoms with Gasteiger partial charge in [0.05, 0.1) is 6.42 Å². The monoisotopic (exact) mass is 513 g/mol. The van der Waals surface area contributed by atoms with Gasteiger partial charge in [0.2, 0.25) is 11.8 Å². The number of amides is 2. The van der Waals surface area contributed by atoms with E-state index in [1.807, 2.05) is 18.2 Å². The lowest BCUT2D eigenvalue weighted by molar-refractivity contribution is -0.121. The van der Waals surface area contributed by atoms with Crippen molar-refractivity contribution < 1.29 is 14.0 Å². The summed E-state index contributed by atoms with van der Waals surface area (Å²) in [5, 5.41) is 2.36. The summed E-state index contributed by atoms with van der Waals surface area (Å²) in [4.78, 5) is 23.7. The van der Waals surface area contributed by atoms with Gasteiger partial charge in [-0.3, -0.25) is 25.8 Å². The normalized spacial score (nSPS) is 10.5. The van der Waals surface area contributed by atoms with Crippen molar-refractivity contribution in [1.29, 1.82) is 0 Å². The predicted octanol–water partition coefficient (Wildman–Crippen LogP) is 3.63. The average molecular weight is 515 g/mol. The molecule has 0 unspecified atom stereocenters. The van der Waals surface area contributed by atoms with Crippen LogP contribution in [-0.4, -0.2) is 16.9 Å². The van der Waals surface area contributed by atoms with Crippen LogP contribution in [0.5, 0.6) is 0 Å². The standard InChI is InChI=1S/C18H14Br2FN3O2S/c19-13-7-12(8-14(20)10-13)3-6-16(25)22-18(27)24-23-17(26)9-11-1-4-15(21)5-2-11/h1-8,10H,9H2,(H,23,26)(H2,22,24,25,27). The van der Waals surface area contributed by atoms with E-state index in [1.54, 1.807) is 6.08 Å². The first-order valence-corrected chi connectivity index (χ1v) is 9.59. The molecule has 0 saturated carbocycles. The van der Waals surface area contributed by atoms with Crippen molar-refractivity contribution in [3.8, 4) is 0 Å². The Bertz CT molecular complexity index is 868. The molecule has 0 bridgehead atoms. The first-order chi connectivity index (χ1) is 12.8. The number of hydrazine groups is 1. The lowest BCUT2D eigenvalue weighted by Gasteiger charge is -2.09. The molecule has 3 N–H and O–H groups in total. The van der Waals surface area contributed by atoms with Gasteiger partial charge < -0.3 is 0 Å². The Morgan fingerprint density at radius 1 is 1.04 bits per heavy atom. The van der Waals surface area contributed by atoms with Gasteiger partial charge in [0.1, 0.15) is 5.82 Å².